The van der Waals surface area contributed by atoms with E-state index in [4.69, 9.17) is 9.84 Å². The zero-order valence-corrected chi connectivity index (χ0v) is 15.4. The topological polar surface area (TPSA) is 188 Å². The molecule has 5 N–H and O–H groups in total. The number of hydrogen-bond acceptors (Lipinski definition) is 8. The Balaban J connectivity index is 2.15. The number of nitrogens with one attached hydrogen (secondary N) is 1. The van der Waals surface area contributed by atoms with Crippen molar-refractivity contribution < 1.29 is 38.8 Å². The highest BCUT2D eigenvalue weighted by Crippen LogP contribution is 2.42. The minimum atomic E-state index is -4.45. The summed E-state index contributed by atoms with van der Waals surface area (Å²) in [7, 11) is -4.45. The maximum atomic E-state index is 11.8. The predicted octanol–water partition coefficient (Wildman–Crippen LogP) is -1.95. The van der Waals surface area contributed by atoms with Crippen LogP contribution in [0.15, 0.2) is 15.8 Å². The molecule has 25 heavy (non-hydrogen) atoms. The third-order valence-electron chi connectivity index (χ3n) is 3.31. The number of carbonyl (C=O) groups is 1. The molecule has 140 valence electrons. The summed E-state index contributed by atoms with van der Waals surface area (Å²) in [5, 5.41) is 28.5. The smallest absolute Gasteiger partial charge is 0.339 e. The molecule has 0 aromatic carbocycles. The standard InChI is InChI=1S/C11H14IN2O10P/c12-4-1-14(11(20)13-9(4)19)10-8(18)7(17)5(24-10)2-23-25(21,22)3-6(15)16/h1,5,7-8,10,17-18H,2-3H2,(H,15,16)(H,21,22)(H,13,19,20)/t5-,7-,8+,10?/m1/s1. The number of nitrogens with zero attached hydrogens (tertiary/aromatic N) is 1. The van der Waals surface area contributed by atoms with Crippen LogP contribution in [0.25, 0.3) is 0 Å². The molecule has 1 saturated heterocycles. The largest absolute Gasteiger partial charge is 0.481 e. The molecular formula is C11H14IN2O10P. The fourth-order valence-corrected chi connectivity index (χ4v) is 3.40. The second-order valence-corrected chi connectivity index (χ2v) is 8.19. The van der Waals surface area contributed by atoms with Crippen LogP contribution in [0.1, 0.15) is 6.23 Å². The number of halogens is 1. The van der Waals surface area contributed by atoms with Crippen molar-refractivity contribution in [1.29, 1.82) is 0 Å². The van der Waals surface area contributed by atoms with E-state index < -0.39 is 62.1 Å². The van der Waals surface area contributed by atoms with Gasteiger partial charge in [0.1, 0.15) is 24.5 Å². The molecule has 2 heterocycles. The molecule has 0 bridgehead atoms. The van der Waals surface area contributed by atoms with E-state index in [1.54, 1.807) is 22.6 Å². The number of H-pyrrole nitrogens is 1. The van der Waals surface area contributed by atoms with Gasteiger partial charge in [-0.05, 0) is 22.6 Å². The summed E-state index contributed by atoms with van der Waals surface area (Å²) in [5.41, 5.74) is -1.52. The van der Waals surface area contributed by atoms with Crippen LogP contribution in [0, 0.1) is 3.57 Å². The van der Waals surface area contributed by atoms with E-state index >= 15 is 0 Å². The number of ether oxygens (including phenoxy) is 1. The molecule has 0 spiro atoms. The van der Waals surface area contributed by atoms with E-state index in [0.29, 0.717) is 0 Å². The molecule has 2 rings (SSSR count). The van der Waals surface area contributed by atoms with Crippen LogP contribution in [-0.4, -0.2) is 66.8 Å². The van der Waals surface area contributed by atoms with Crippen molar-refractivity contribution in [3.8, 4) is 0 Å². The Morgan fingerprint density at radius 1 is 1.40 bits per heavy atom. The number of hydrogen-bond donors (Lipinski definition) is 5. The first kappa shape index (κ1) is 20.2. The van der Waals surface area contributed by atoms with E-state index in [9.17, 15) is 34.1 Å². The summed E-state index contributed by atoms with van der Waals surface area (Å²) in [6, 6.07) is 0. The number of aliphatic hydroxyl groups is 2. The predicted molar refractivity (Wildman–Crippen MR) is 88.2 cm³/mol. The molecule has 5 atom stereocenters. The van der Waals surface area contributed by atoms with Crippen molar-refractivity contribution in [3.63, 3.8) is 0 Å². The van der Waals surface area contributed by atoms with E-state index in [1.165, 1.54) is 0 Å². The quantitative estimate of drug-likeness (QED) is 0.221. The number of aliphatic hydroxyl groups excluding tert-OH is 2. The zero-order chi connectivity index (χ0) is 18.9. The third-order valence-corrected chi connectivity index (χ3v) is 5.30. The van der Waals surface area contributed by atoms with Gasteiger partial charge >= 0.3 is 19.3 Å². The Morgan fingerprint density at radius 2 is 2.04 bits per heavy atom. The van der Waals surface area contributed by atoms with E-state index in [2.05, 4.69) is 4.52 Å². The lowest BCUT2D eigenvalue weighted by Gasteiger charge is -2.17. The summed E-state index contributed by atoms with van der Waals surface area (Å²) in [5.74, 6) is -1.55. The average molecular weight is 492 g/mol. The number of aromatic nitrogens is 2. The Hall–Kier alpha value is -1.09. The third kappa shape index (κ3) is 4.75. The Morgan fingerprint density at radius 3 is 2.64 bits per heavy atom. The molecule has 12 nitrogen and oxygen atoms in total. The first-order chi connectivity index (χ1) is 11.5. The fraction of sp³-hybridized carbons (Fsp3) is 0.545. The normalized spacial score (nSPS) is 28.6. The highest BCUT2D eigenvalue weighted by atomic mass is 127. The van der Waals surface area contributed by atoms with Crippen molar-refractivity contribution in [2.45, 2.75) is 24.5 Å². The van der Waals surface area contributed by atoms with Crippen LogP contribution >= 0.6 is 30.2 Å². The SMILES string of the molecule is O=C(O)CP(=O)(O)OC[C@H]1OC(n2cc(I)c(=O)[nH]c2=O)[C@@H](O)[C@@H]1O. The second kappa shape index (κ2) is 7.65. The molecule has 1 aromatic rings. The highest BCUT2D eigenvalue weighted by molar-refractivity contribution is 14.1. The molecule has 1 fully saturated rings. The van der Waals surface area contributed by atoms with Crippen molar-refractivity contribution in [1.82, 2.24) is 9.55 Å². The van der Waals surface area contributed by atoms with E-state index in [-0.39, 0.29) is 3.57 Å². The maximum Gasteiger partial charge on any atom is 0.339 e. The van der Waals surface area contributed by atoms with E-state index in [0.717, 1.165) is 10.8 Å². The van der Waals surface area contributed by atoms with Gasteiger partial charge in [0.05, 0.1) is 10.2 Å². The minimum absolute atomic E-state index is 0.128. The van der Waals surface area contributed by atoms with Gasteiger partial charge in [0.15, 0.2) is 6.23 Å². The molecule has 0 radical (unpaired) electrons. The van der Waals surface area contributed by atoms with Crippen molar-refractivity contribution in [2.24, 2.45) is 0 Å². The Bertz CT molecular complexity index is 822. The monoisotopic (exact) mass is 492 g/mol. The highest BCUT2D eigenvalue weighted by Gasteiger charge is 2.45. The fourth-order valence-electron chi connectivity index (χ4n) is 2.15. The van der Waals surface area contributed by atoms with Gasteiger partial charge in [-0.15, -0.1) is 0 Å². The lowest BCUT2D eigenvalue weighted by Crippen LogP contribution is -2.38. The second-order valence-electron chi connectivity index (χ2n) is 5.17. The molecule has 1 aromatic heterocycles. The zero-order valence-electron chi connectivity index (χ0n) is 12.3. The molecule has 0 amide bonds. The first-order valence-electron chi connectivity index (χ1n) is 6.72. The van der Waals surface area contributed by atoms with Crippen molar-refractivity contribution in [2.75, 3.05) is 12.8 Å². The van der Waals surface area contributed by atoms with Gasteiger partial charge in [-0.3, -0.25) is 23.7 Å². The van der Waals surface area contributed by atoms with Gasteiger partial charge < -0.3 is 29.5 Å². The molecule has 14 heteroatoms. The van der Waals surface area contributed by atoms with Crippen LogP contribution in [-0.2, 0) is 18.6 Å². The van der Waals surface area contributed by atoms with Gasteiger partial charge in [-0.1, -0.05) is 0 Å². The number of rotatable bonds is 6. The summed E-state index contributed by atoms with van der Waals surface area (Å²) < 4.78 is 22.4. The Labute approximate surface area is 152 Å². The number of aliphatic carboxylic acids is 1. The number of aromatic amines is 1. The molecule has 2 unspecified atom stereocenters. The van der Waals surface area contributed by atoms with Crippen LogP contribution in [0.2, 0.25) is 0 Å². The van der Waals surface area contributed by atoms with Gasteiger partial charge in [0, 0.05) is 6.20 Å². The summed E-state index contributed by atoms with van der Waals surface area (Å²) in [4.78, 5) is 45.0. The summed E-state index contributed by atoms with van der Waals surface area (Å²) in [6.07, 6.45) is -5.87. The number of carboxylic acids is 1. The summed E-state index contributed by atoms with van der Waals surface area (Å²) in [6.45, 7) is -0.690. The van der Waals surface area contributed by atoms with Gasteiger partial charge in [-0.2, -0.15) is 0 Å². The maximum absolute atomic E-state index is 11.8. The van der Waals surface area contributed by atoms with E-state index in [1.807, 2.05) is 4.98 Å². The van der Waals surface area contributed by atoms with Crippen LogP contribution in [0.5, 0.6) is 0 Å². The molecule has 0 saturated carbocycles. The van der Waals surface area contributed by atoms with Gasteiger partial charge in [-0.25, -0.2) is 4.79 Å². The lowest BCUT2D eigenvalue weighted by molar-refractivity contribution is -0.134. The molecular weight excluding hydrogens is 478 g/mol. The first-order valence-corrected chi connectivity index (χ1v) is 9.56. The summed E-state index contributed by atoms with van der Waals surface area (Å²) >= 11 is 1.66. The van der Waals surface area contributed by atoms with Crippen LogP contribution < -0.4 is 11.2 Å². The van der Waals surface area contributed by atoms with Gasteiger partial charge in [0.2, 0.25) is 0 Å². The van der Waals surface area contributed by atoms with Crippen molar-refractivity contribution >= 4 is 36.2 Å². The lowest BCUT2D eigenvalue weighted by atomic mass is 10.1. The molecule has 0 aliphatic carbocycles. The van der Waals surface area contributed by atoms with Crippen LogP contribution in [0.3, 0.4) is 0 Å². The van der Waals surface area contributed by atoms with Crippen LogP contribution in [0.4, 0.5) is 0 Å². The Kier molecular flexibility index (Phi) is 6.19. The number of carboxylic acid groups (broad SMARTS) is 1. The molecule has 1 aliphatic heterocycles. The average Bonchev–Trinajstić information content (AvgIpc) is 2.76. The van der Waals surface area contributed by atoms with Crippen molar-refractivity contribution in [3.05, 3.63) is 30.6 Å². The molecule has 1 aliphatic rings. The minimum Gasteiger partial charge on any atom is -0.481 e. The van der Waals surface area contributed by atoms with Gasteiger partial charge in [0.25, 0.3) is 5.56 Å².